The van der Waals surface area contributed by atoms with E-state index >= 15 is 0 Å². The molecule has 4 heteroatoms. The summed E-state index contributed by atoms with van der Waals surface area (Å²) >= 11 is 0. The SMILES string of the molecule is N#Cc1cccc(-n2c3ccccc3c3ccccc32)c1-c1ccc(-n2c3ccccc3c3c4oc5ccccc5c4ccc32)cc1. The van der Waals surface area contributed by atoms with Gasteiger partial charge in [0, 0.05) is 38.2 Å². The van der Waals surface area contributed by atoms with Crippen LogP contribution in [-0.4, -0.2) is 9.13 Å². The lowest BCUT2D eigenvalue weighted by Crippen LogP contribution is -2.00. The molecule has 0 bridgehead atoms. The summed E-state index contributed by atoms with van der Waals surface area (Å²) < 4.78 is 11.1. The second-order valence-electron chi connectivity index (χ2n) is 12.0. The molecule has 4 nitrogen and oxygen atoms in total. The number of fused-ring (bicyclic) bond motifs is 10. The Labute approximate surface area is 269 Å². The Bertz CT molecular complexity index is 2860. The molecule has 7 aromatic carbocycles. The van der Waals surface area contributed by atoms with Crippen molar-refractivity contribution >= 4 is 65.6 Å². The Morgan fingerprint density at radius 3 is 1.79 bits per heavy atom. The molecular weight excluding hydrogens is 574 g/mol. The van der Waals surface area contributed by atoms with Crippen LogP contribution in [0.1, 0.15) is 5.56 Å². The van der Waals surface area contributed by atoms with Crippen molar-refractivity contribution in [3.8, 4) is 28.6 Å². The van der Waals surface area contributed by atoms with E-state index in [0.29, 0.717) is 5.56 Å². The van der Waals surface area contributed by atoms with Crippen LogP contribution in [0.3, 0.4) is 0 Å². The molecule has 0 aliphatic carbocycles. The molecule has 0 aliphatic heterocycles. The predicted molar refractivity (Wildman–Crippen MR) is 193 cm³/mol. The van der Waals surface area contributed by atoms with Gasteiger partial charge in [0.05, 0.1) is 44.8 Å². The molecule has 0 fully saturated rings. The van der Waals surface area contributed by atoms with Gasteiger partial charge < -0.3 is 13.6 Å². The Balaban J connectivity index is 1.20. The first kappa shape index (κ1) is 25.7. The van der Waals surface area contributed by atoms with Gasteiger partial charge in [-0.2, -0.15) is 5.26 Å². The van der Waals surface area contributed by atoms with E-state index in [4.69, 9.17) is 4.42 Å². The zero-order valence-corrected chi connectivity index (χ0v) is 25.2. The number of para-hydroxylation sites is 4. The smallest absolute Gasteiger partial charge is 0.145 e. The van der Waals surface area contributed by atoms with Crippen LogP contribution in [-0.2, 0) is 0 Å². The summed E-state index contributed by atoms with van der Waals surface area (Å²) in [6.07, 6.45) is 0. The van der Waals surface area contributed by atoms with Gasteiger partial charge in [0.1, 0.15) is 11.2 Å². The lowest BCUT2D eigenvalue weighted by Gasteiger charge is -2.16. The summed E-state index contributed by atoms with van der Waals surface area (Å²) in [5.41, 5.74) is 10.8. The van der Waals surface area contributed by atoms with Gasteiger partial charge in [-0.15, -0.1) is 0 Å². The summed E-state index contributed by atoms with van der Waals surface area (Å²) in [7, 11) is 0. The number of rotatable bonds is 3. The van der Waals surface area contributed by atoms with Crippen LogP contribution in [0.2, 0.25) is 0 Å². The van der Waals surface area contributed by atoms with Crippen molar-refractivity contribution in [2.45, 2.75) is 0 Å². The fraction of sp³-hybridized carbons (Fsp3) is 0. The number of hydrogen-bond acceptors (Lipinski definition) is 2. The van der Waals surface area contributed by atoms with Crippen molar-refractivity contribution in [1.82, 2.24) is 9.13 Å². The minimum atomic E-state index is 0.640. The summed E-state index contributed by atoms with van der Waals surface area (Å²) in [6.45, 7) is 0. The van der Waals surface area contributed by atoms with Gasteiger partial charge in [-0.3, -0.25) is 0 Å². The molecule has 0 amide bonds. The number of nitrogens with zero attached hydrogens (tertiary/aromatic N) is 3. The van der Waals surface area contributed by atoms with E-state index in [1.54, 1.807) is 0 Å². The topological polar surface area (TPSA) is 46.8 Å². The molecule has 0 saturated carbocycles. The molecule has 10 aromatic rings. The molecule has 0 unspecified atom stereocenters. The van der Waals surface area contributed by atoms with Crippen LogP contribution in [0.5, 0.6) is 0 Å². The highest BCUT2D eigenvalue weighted by Crippen LogP contribution is 2.42. The van der Waals surface area contributed by atoms with E-state index in [9.17, 15) is 5.26 Å². The van der Waals surface area contributed by atoms with Crippen LogP contribution < -0.4 is 0 Å². The first-order valence-corrected chi connectivity index (χ1v) is 15.8. The van der Waals surface area contributed by atoms with Gasteiger partial charge in [-0.1, -0.05) is 91.0 Å². The standard InChI is InChI=1S/C43H25N3O/c44-26-28-10-9-18-38(46-35-15-5-1-11-30(35)31-12-2-6-16-36(31)46)41(28)27-20-22-29(23-21-27)45-37-17-7-3-14-34(37)42-39(45)25-24-33-32-13-4-8-19-40(32)47-43(33)42/h1-25H. The molecule has 0 aliphatic rings. The van der Waals surface area contributed by atoms with Gasteiger partial charge >= 0.3 is 0 Å². The van der Waals surface area contributed by atoms with E-state index < -0.39 is 0 Å². The Hall–Kier alpha value is -6.57. The van der Waals surface area contributed by atoms with E-state index in [2.05, 4.69) is 143 Å². The summed E-state index contributed by atoms with van der Waals surface area (Å²) in [5, 5.41) is 17.2. The Kier molecular flexibility index (Phi) is 5.32. The minimum absolute atomic E-state index is 0.640. The second-order valence-corrected chi connectivity index (χ2v) is 12.0. The average Bonchev–Trinajstić information content (AvgIpc) is 3.79. The minimum Gasteiger partial charge on any atom is -0.455 e. The number of benzene rings is 7. The van der Waals surface area contributed by atoms with Gasteiger partial charge in [-0.25, -0.2) is 0 Å². The maximum atomic E-state index is 10.3. The largest absolute Gasteiger partial charge is 0.455 e. The number of furan rings is 1. The maximum absolute atomic E-state index is 10.3. The fourth-order valence-electron chi connectivity index (χ4n) is 7.60. The molecule has 3 heterocycles. The van der Waals surface area contributed by atoms with Gasteiger partial charge in [0.25, 0.3) is 0 Å². The maximum Gasteiger partial charge on any atom is 0.145 e. The van der Waals surface area contributed by atoms with Crippen molar-refractivity contribution < 1.29 is 4.42 Å². The van der Waals surface area contributed by atoms with Crippen LogP contribution in [0.15, 0.2) is 156 Å². The van der Waals surface area contributed by atoms with Crippen molar-refractivity contribution in [3.63, 3.8) is 0 Å². The van der Waals surface area contributed by atoms with Gasteiger partial charge in [0.15, 0.2) is 0 Å². The third-order valence-electron chi connectivity index (χ3n) is 9.58. The quantitative estimate of drug-likeness (QED) is 0.203. The van der Waals surface area contributed by atoms with Crippen molar-refractivity contribution in [3.05, 3.63) is 157 Å². The highest BCUT2D eigenvalue weighted by atomic mass is 16.3. The lowest BCUT2D eigenvalue weighted by atomic mass is 9.97. The van der Waals surface area contributed by atoms with Crippen LogP contribution in [0, 0.1) is 11.3 Å². The van der Waals surface area contributed by atoms with Crippen LogP contribution in [0.4, 0.5) is 0 Å². The fourth-order valence-corrected chi connectivity index (χ4v) is 7.60. The number of nitriles is 1. The Morgan fingerprint density at radius 2 is 1.09 bits per heavy atom. The number of hydrogen-bond donors (Lipinski definition) is 0. The van der Waals surface area contributed by atoms with Crippen molar-refractivity contribution in [2.24, 2.45) is 0 Å². The summed E-state index contributed by atoms with van der Waals surface area (Å²) in [5.74, 6) is 0. The third-order valence-corrected chi connectivity index (χ3v) is 9.58. The molecule has 0 spiro atoms. The molecule has 0 N–H and O–H groups in total. The molecular formula is C43H25N3O. The predicted octanol–water partition coefficient (Wildman–Crippen LogP) is 11.3. The van der Waals surface area contributed by atoms with Crippen molar-refractivity contribution in [2.75, 3.05) is 0 Å². The summed E-state index contributed by atoms with van der Waals surface area (Å²) in [4.78, 5) is 0. The van der Waals surface area contributed by atoms with Gasteiger partial charge in [0.2, 0.25) is 0 Å². The Morgan fingerprint density at radius 1 is 0.468 bits per heavy atom. The second kappa shape index (κ2) is 9.71. The van der Waals surface area contributed by atoms with Crippen LogP contribution >= 0.6 is 0 Å². The third kappa shape index (κ3) is 3.57. The monoisotopic (exact) mass is 599 g/mol. The van der Waals surface area contributed by atoms with E-state index in [-0.39, 0.29) is 0 Å². The molecule has 0 radical (unpaired) electrons. The molecule has 0 atom stereocenters. The molecule has 218 valence electrons. The zero-order chi connectivity index (χ0) is 31.1. The zero-order valence-electron chi connectivity index (χ0n) is 25.2. The van der Waals surface area contributed by atoms with Gasteiger partial charge in [-0.05, 0) is 66.2 Å². The highest BCUT2D eigenvalue weighted by Gasteiger charge is 2.20. The molecule has 3 aromatic heterocycles. The normalized spacial score (nSPS) is 11.8. The van der Waals surface area contributed by atoms with E-state index in [0.717, 1.165) is 77.3 Å². The highest BCUT2D eigenvalue weighted by molar-refractivity contribution is 6.23. The summed E-state index contributed by atoms with van der Waals surface area (Å²) in [6, 6.07) is 55.2. The first-order chi connectivity index (χ1) is 23.3. The molecule has 0 saturated heterocycles. The lowest BCUT2D eigenvalue weighted by molar-refractivity contribution is 0.673. The van der Waals surface area contributed by atoms with Crippen LogP contribution in [0.25, 0.3) is 88.1 Å². The molecule has 10 rings (SSSR count). The first-order valence-electron chi connectivity index (χ1n) is 15.8. The average molecular weight is 600 g/mol. The molecule has 47 heavy (non-hydrogen) atoms. The number of aromatic nitrogens is 2. The van der Waals surface area contributed by atoms with E-state index in [1.165, 1.54) is 10.8 Å². The van der Waals surface area contributed by atoms with E-state index in [1.807, 2.05) is 24.3 Å². The van der Waals surface area contributed by atoms with Crippen molar-refractivity contribution in [1.29, 1.82) is 5.26 Å².